The predicted molar refractivity (Wildman–Crippen MR) is 86.6 cm³/mol. The molecule has 0 amide bonds. The number of nitrogens with zero attached hydrogens (tertiary/aromatic N) is 1. The van der Waals surface area contributed by atoms with Crippen LogP contribution in [0.2, 0.25) is 0 Å². The molecule has 0 aromatic carbocycles. The van der Waals surface area contributed by atoms with Crippen LogP contribution in [0.25, 0.3) is 0 Å². The number of likely N-dealkylation sites (tertiary alicyclic amines) is 1. The van der Waals surface area contributed by atoms with Gasteiger partial charge in [-0.15, -0.1) is 0 Å². The van der Waals surface area contributed by atoms with Crippen LogP contribution >= 0.6 is 0 Å². The molecule has 0 aromatic heterocycles. The second-order valence-corrected chi connectivity index (χ2v) is 8.02. The van der Waals surface area contributed by atoms with Gasteiger partial charge >= 0.3 is 0 Å². The molecule has 3 unspecified atom stereocenters. The fraction of sp³-hybridized carbons (Fsp3) is 0.889. The Balaban J connectivity index is 1.36. The third-order valence-corrected chi connectivity index (χ3v) is 6.19. The molecule has 1 heterocycles. The van der Waals surface area contributed by atoms with Crippen molar-refractivity contribution in [1.29, 1.82) is 0 Å². The Morgan fingerprint density at radius 3 is 2.73 bits per heavy atom. The van der Waals surface area contributed by atoms with Crippen molar-refractivity contribution < 1.29 is 14.9 Å². The van der Waals surface area contributed by atoms with Crippen LogP contribution in [0.1, 0.15) is 39.5 Å². The molecule has 22 heavy (non-hydrogen) atoms. The van der Waals surface area contributed by atoms with Gasteiger partial charge in [0.25, 0.3) is 0 Å². The maximum atomic E-state index is 10.1. The molecular weight excluding hydrogens is 278 g/mol. The Hall–Kier alpha value is -0.420. The highest BCUT2D eigenvalue weighted by Crippen LogP contribution is 2.59. The molecule has 3 atom stereocenters. The first-order chi connectivity index (χ1) is 10.5. The summed E-state index contributed by atoms with van der Waals surface area (Å²) in [5.74, 6) is 1.55. The first-order valence-electron chi connectivity index (χ1n) is 8.82. The zero-order chi connectivity index (χ0) is 15.7. The summed E-state index contributed by atoms with van der Waals surface area (Å²) < 4.78 is 5.79. The first-order valence-corrected chi connectivity index (χ1v) is 8.82. The number of rotatable bonds is 6. The van der Waals surface area contributed by atoms with Crippen molar-refractivity contribution in [2.45, 2.75) is 51.7 Å². The normalized spacial score (nSPS) is 33.2. The van der Waals surface area contributed by atoms with Crippen molar-refractivity contribution in [2.24, 2.45) is 17.3 Å². The molecule has 0 radical (unpaired) electrons. The fourth-order valence-corrected chi connectivity index (χ4v) is 4.41. The summed E-state index contributed by atoms with van der Waals surface area (Å²) in [5.41, 5.74) is 1.89. The van der Waals surface area contributed by atoms with Gasteiger partial charge < -0.3 is 19.8 Å². The van der Waals surface area contributed by atoms with E-state index >= 15 is 0 Å². The van der Waals surface area contributed by atoms with Crippen molar-refractivity contribution in [2.75, 3.05) is 32.8 Å². The lowest BCUT2D eigenvalue weighted by molar-refractivity contribution is -0.0280. The molecule has 4 nitrogen and oxygen atoms in total. The van der Waals surface area contributed by atoms with E-state index < -0.39 is 6.10 Å². The second-order valence-electron chi connectivity index (χ2n) is 8.02. The van der Waals surface area contributed by atoms with Crippen molar-refractivity contribution in [3.05, 3.63) is 11.6 Å². The smallest absolute Gasteiger partial charge is 0.0900 e. The minimum Gasteiger partial charge on any atom is -0.393 e. The number of β-amino-alcohol motifs (C(OH)–C–C–N with tert-alkyl or cyclic N) is 1. The molecule has 4 aliphatic rings. The summed E-state index contributed by atoms with van der Waals surface area (Å²) in [6, 6.07) is 0. The van der Waals surface area contributed by atoms with Gasteiger partial charge in [0.1, 0.15) is 0 Å². The fourth-order valence-electron chi connectivity index (χ4n) is 4.41. The van der Waals surface area contributed by atoms with E-state index in [0.717, 1.165) is 31.8 Å². The monoisotopic (exact) mass is 309 g/mol. The number of piperidine rings is 1. The highest BCUT2D eigenvalue weighted by atomic mass is 16.5. The van der Waals surface area contributed by atoms with Crippen LogP contribution in [-0.4, -0.2) is 60.2 Å². The van der Waals surface area contributed by atoms with E-state index in [1.54, 1.807) is 0 Å². The third-order valence-electron chi connectivity index (χ3n) is 6.19. The van der Waals surface area contributed by atoms with Crippen LogP contribution in [0.15, 0.2) is 11.6 Å². The Morgan fingerprint density at radius 1 is 1.36 bits per heavy atom. The third kappa shape index (κ3) is 3.40. The summed E-state index contributed by atoms with van der Waals surface area (Å²) >= 11 is 0. The molecule has 1 saturated heterocycles. The van der Waals surface area contributed by atoms with Crippen molar-refractivity contribution in [3.8, 4) is 0 Å². The maximum Gasteiger partial charge on any atom is 0.0900 e. The quantitative estimate of drug-likeness (QED) is 0.735. The van der Waals surface area contributed by atoms with Gasteiger partial charge in [-0.25, -0.2) is 0 Å². The molecule has 2 fully saturated rings. The number of aliphatic hydroxyl groups is 2. The van der Waals surface area contributed by atoms with Gasteiger partial charge in [-0.3, -0.25) is 0 Å². The molecule has 4 rings (SSSR count). The van der Waals surface area contributed by atoms with E-state index in [9.17, 15) is 10.2 Å². The average Bonchev–Trinajstić information content (AvgIpc) is 2.49. The van der Waals surface area contributed by atoms with Crippen LogP contribution in [0, 0.1) is 17.3 Å². The van der Waals surface area contributed by atoms with E-state index in [2.05, 4.69) is 24.8 Å². The van der Waals surface area contributed by atoms with Crippen LogP contribution < -0.4 is 0 Å². The summed E-state index contributed by atoms with van der Waals surface area (Å²) in [6.07, 6.45) is 5.93. The molecule has 2 N–H and O–H groups in total. The molecule has 4 heteroatoms. The van der Waals surface area contributed by atoms with Gasteiger partial charge in [0.15, 0.2) is 0 Å². The number of ether oxygens (including phenoxy) is 1. The second kappa shape index (κ2) is 6.60. The zero-order valence-corrected chi connectivity index (χ0v) is 14.0. The Labute approximate surface area is 134 Å². The summed E-state index contributed by atoms with van der Waals surface area (Å²) in [6.45, 7) is 8.24. The van der Waals surface area contributed by atoms with Gasteiger partial charge in [0, 0.05) is 19.6 Å². The molecule has 126 valence electrons. The molecule has 0 aromatic rings. The number of aliphatic hydroxyl groups excluding tert-OH is 2. The Bertz CT molecular complexity index is 413. The van der Waals surface area contributed by atoms with E-state index in [4.69, 9.17) is 4.74 Å². The van der Waals surface area contributed by atoms with Crippen LogP contribution in [0.5, 0.6) is 0 Å². The molecule has 1 aliphatic heterocycles. The largest absolute Gasteiger partial charge is 0.393 e. The molecular formula is C18H31NO3. The summed E-state index contributed by atoms with van der Waals surface area (Å²) in [7, 11) is 0. The highest BCUT2D eigenvalue weighted by Gasteiger charge is 2.50. The summed E-state index contributed by atoms with van der Waals surface area (Å²) in [5, 5.41) is 19.6. The highest BCUT2D eigenvalue weighted by molar-refractivity contribution is 5.23. The molecule has 2 bridgehead atoms. The predicted octanol–water partition coefficient (Wildman–Crippen LogP) is 1.81. The lowest BCUT2D eigenvalue weighted by Crippen LogP contribution is -2.48. The number of hydrogen-bond donors (Lipinski definition) is 2. The van der Waals surface area contributed by atoms with Gasteiger partial charge in [0.2, 0.25) is 0 Å². The lowest BCUT2D eigenvalue weighted by Gasteiger charge is -2.56. The van der Waals surface area contributed by atoms with Crippen molar-refractivity contribution in [1.82, 2.24) is 4.90 Å². The number of allylic oxidation sites excluding steroid dienone is 1. The minimum absolute atomic E-state index is 0.155. The van der Waals surface area contributed by atoms with Gasteiger partial charge in [-0.2, -0.15) is 0 Å². The zero-order valence-electron chi connectivity index (χ0n) is 14.0. The van der Waals surface area contributed by atoms with E-state index in [0.29, 0.717) is 31.1 Å². The van der Waals surface area contributed by atoms with Crippen LogP contribution in [0.3, 0.4) is 0 Å². The van der Waals surface area contributed by atoms with Gasteiger partial charge in [-0.05, 0) is 48.5 Å². The minimum atomic E-state index is -0.429. The van der Waals surface area contributed by atoms with Crippen molar-refractivity contribution >= 4 is 0 Å². The average molecular weight is 309 g/mol. The van der Waals surface area contributed by atoms with Gasteiger partial charge in [0.05, 0.1) is 25.4 Å². The number of fused-ring (bicyclic) bond motifs is 1. The van der Waals surface area contributed by atoms with E-state index in [-0.39, 0.29) is 6.10 Å². The molecule has 1 saturated carbocycles. The lowest BCUT2D eigenvalue weighted by atomic mass is 9.49. The maximum absolute atomic E-state index is 10.1. The SMILES string of the molecule is CC1(C)C2CC=C(COCC(O)CN3CCC(O)CC3)C1C2. The summed E-state index contributed by atoms with van der Waals surface area (Å²) in [4.78, 5) is 2.22. The standard InChI is InChI=1S/C18H31NO3/c1-18(2)14-4-3-13(17(18)9-14)11-22-12-16(21)10-19-7-5-15(20)6-8-19/h3,14-17,20-21H,4-12H2,1-2H3. The van der Waals surface area contributed by atoms with E-state index in [1.165, 1.54) is 18.4 Å². The molecule has 0 spiro atoms. The van der Waals surface area contributed by atoms with Crippen LogP contribution in [-0.2, 0) is 4.74 Å². The topological polar surface area (TPSA) is 52.9 Å². The van der Waals surface area contributed by atoms with Crippen molar-refractivity contribution in [3.63, 3.8) is 0 Å². The molecule has 3 aliphatic carbocycles. The van der Waals surface area contributed by atoms with E-state index in [1.807, 2.05) is 0 Å². The van der Waals surface area contributed by atoms with Crippen LogP contribution in [0.4, 0.5) is 0 Å². The van der Waals surface area contributed by atoms with Gasteiger partial charge in [-0.1, -0.05) is 19.9 Å². The Kier molecular flexibility index (Phi) is 4.93. The number of hydrogen-bond acceptors (Lipinski definition) is 4. The first kappa shape index (κ1) is 16.4. The Morgan fingerprint density at radius 2 is 2.09 bits per heavy atom.